The zero-order chi connectivity index (χ0) is 25.8. The third kappa shape index (κ3) is 3.70. The van der Waals surface area contributed by atoms with Crippen LogP contribution in [0, 0.1) is 27.4 Å². The molecule has 3 aromatic rings. The standard InChI is InChI=1S/C26H19ClN4O5S/c27-15-8-10-16(11-9-15)30-22(14-4-3-5-17(12-14)31(34)35)21-23(36-30)25(33)29(24(21)32)26-19(13-28)18-6-1-2-7-20(18)37-26/h3-5,8-12,21-23H,1-2,6-7H2/t21-,22-,23+/m0/s1. The Morgan fingerprint density at radius 3 is 2.59 bits per heavy atom. The molecule has 2 aliphatic heterocycles. The summed E-state index contributed by atoms with van der Waals surface area (Å²) >= 11 is 7.37. The molecule has 2 saturated heterocycles. The van der Waals surface area contributed by atoms with E-state index in [1.165, 1.54) is 28.5 Å². The summed E-state index contributed by atoms with van der Waals surface area (Å²) < 4.78 is 0. The van der Waals surface area contributed by atoms with Gasteiger partial charge >= 0.3 is 0 Å². The van der Waals surface area contributed by atoms with Crippen LogP contribution in [0.4, 0.5) is 16.4 Å². The number of hydrogen-bond donors (Lipinski definition) is 0. The molecule has 37 heavy (non-hydrogen) atoms. The molecule has 1 aromatic heterocycles. The fourth-order valence-corrected chi connectivity index (χ4v) is 6.89. The van der Waals surface area contributed by atoms with E-state index in [1.807, 2.05) is 0 Å². The molecule has 0 saturated carbocycles. The van der Waals surface area contributed by atoms with Gasteiger partial charge in [0, 0.05) is 22.0 Å². The maximum Gasteiger partial charge on any atom is 0.269 e. The molecule has 3 heterocycles. The first kappa shape index (κ1) is 23.6. The van der Waals surface area contributed by atoms with Crippen molar-refractivity contribution in [1.29, 1.82) is 5.26 Å². The molecule has 186 valence electrons. The topological polar surface area (TPSA) is 117 Å². The third-order valence-electron chi connectivity index (χ3n) is 7.09. The lowest BCUT2D eigenvalue weighted by Crippen LogP contribution is -2.37. The molecule has 0 spiro atoms. The van der Waals surface area contributed by atoms with Gasteiger partial charge in [-0.1, -0.05) is 23.7 Å². The van der Waals surface area contributed by atoms with Crippen molar-refractivity contribution in [3.63, 3.8) is 0 Å². The zero-order valence-corrected chi connectivity index (χ0v) is 20.9. The van der Waals surface area contributed by atoms with Crippen LogP contribution >= 0.6 is 22.9 Å². The number of amides is 2. The summed E-state index contributed by atoms with van der Waals surface area (Å²) in [6.07, 6.45) is 2.38. The number of anilines is 2. The molecule has 2 amide bonds. The van der Waals surface area contributed by atoms with Crippen LogP contribution < -0.4 is 9.96 Å². The number of carbonyl (C=O) groups is 2. The average Bonchev–Trinajstić information content (AvgIpc) is 3.54. The molecule has 6 rings (SSSR count). The number of nitrogens with zero attached hydrogens (tertiary/aromatic N) is 4. The van der Waals surface area contributed by atoms with Gasteiger partial charge in [0.05, 0.1) is 22.2 Å². The SMILES string of the molecule is N#Cc1c(N2C(=O)[C@@H]3[C@@H](ON(c4ccc(Cl)cc4)[C@H]3c3cccc([N+](=O)[O-])c3)C2=O)sc2c1CCCC2. The largest absolute Gasteiger partial charge is 0.273 e. The van der Waals surface area contributed by atoms with E-state index < -0.39 is 34.8 Å². The number of nitro groups is 1. The second-order valence-corrected chi connectivity index (χ2v) is 10.7. The quantitative estimate of drug-likeness (QED) is 0.259. The highest BCUT2D eigenvalue weighted by Gasteiger charge is 2.61. The van der Waals surface area contributed by atoms with E-state index in [4.69, 9.17) is 16.4 Å². The van der Waals surface area contributed by atoms with Gasteiger partial charge in [-0.05, 0) is 61.1 Å². The summed E-state index contributed by atoms with van der Waals surface area (Å²) in [6, 6.07) is 14.1. The minimum atomic E-state index is -1.14. The van der Waals surface area contributed by atoms with E-state index in [1.54, 1.807) is 36.4 Å². The van der Waals surface area contributed by atoms with E-state index in [0.29, 0.717) is 26.8 Å². The number of carbonyl (C=O) groups excluding carboxylic acids is 2. The normalized spacial score (nSPS) is 22.6. The van der Waals surface area contributed by atoms with Crippen LogP contribution in [0.25, 0.3) is 0 Å². The molecule has 9 nitrogen and oxygen atoms in total. The van der Waals surface area contributed by atoms with Gasteiger partial charge in [0.2, 0.25) is 5.91 Å². The molecule has 11 heteroatoms. The van der Waals surface area contributed by atoms with Crippen LogP contribution in [0.3, 0.4) is 0 Å². The first-order chi connectivity index (χ1) is 17.9. The number of hydrogen-bond acceptors (Lipinski definition) is 8. The Kier molecular flexibility index (Phi) is 5.71. The monoisotopic (exact) mass is 534 g/mol. The number of non-ortho nitro benzene ring substituents is 1. The Hall–Kier alpha value is -3.78. The van der Waals surface area contributed by atoms with Crippen molar-refractivity contribution >= 4 is 51.1 Å². The maximum absolute atomic E-state index is 14.0. The Morgan fingerprint density at radius 2 is 1.86 bits per heavy atom. The summed E-state index contributed by atoms with van der Waals surface area (Å²) in [4.78, 5) is 46.9. The summed E-state index contributed by atoms with van der Waals surface area (Å²) in [7, 11) is 0. The number of aryl methyl sites for hydroxylation is 1. The second-order valence-electron chi connectivity index (χ2n) is 9.17. The number of nitro benzene ring substituents is 1. The Balaban J connectivity index is 1.45. The predicted octanol–water partition coefficient (Wildman–Crippen LogP) is 5.11. The summed E-state index contributed by atoms with van der Waals surface area (Å²) in [6.45, 7) is 0. The van der Waals surface area contributed by atoms with Crippen LogP contribution in [0.1, 0.15) is 40.5 Å². The molecule has 0 unspecified atom stereocenters. The van der Waals surface area contributed by atoms with E-state index in [2.05, 4.69) is 6.07 Å². The van der Waals surface area contributed by atoms with Crippen molar-refractivity contribution in [3.8, 4) is 6.07 Å². The van der Waals surface area contributed by atoms with Crippen molar-refractivity contribution < 1.29 is 19.3 Å². The summed E-state index contributed by atoms with van der Waals surface area (Å²) in [5, 5.41) is 23.7. The van der Waals surface area contributed by atoms with Gasteiger partial charge in [-0.2, -0.15) is 5.26 Å². The summed E-state index contributed by atoms with van der Waals surface area (Å²) in [5.41, 5.74) is 2.17. The smallest absolute Gasteiger partial charge is 0.269 e. The van der Waals surface area contributed by atoms with Gasteiger partial charge in [0.25, 0.3) is 11.6 Å². The highest BCUT2D eigenvalue weighted by molar-refractivity contribution is 7.17. The number of benzene rings is 2. The highest BCUT2D eigenvalue weighted by atomic mass is 35.5. The third-order valence-corrected chi connectivity index (χ3v) is 8.62. The van der Waals surface area contributed by atoms with Gasteiger partial charge in [0.1, 0.15) is 17.0 Å². The van der Waals surface area contributed by atoms with Crippen molar-refractivity contribution in [2.45, 2.75) is 37.8 Å². The van der Waals surface area contributed by atoms with E-state index in [9.17, 15) is 25.0 Å². The van der Waals surface area contributed by atoms with Gasteiger partial charge in [0.15, 0.2) is 6.10 Å². The molecular weight excluding hydrogens is 516 g/mol. The lowest BCUT2D eigenvalue weighted by Gasteiger charge is -2.28. The number of nitriles is 1. The van der Waals surface area contributed by atoms with Crippen molar-refractivity contribution in [2.24, 2.45) is 5.92 Å². The van der Waals surface area contributed by atoms with Crippen molar-refractivity contribution in [2.75, 3.05) is 9.96 Å². The number of hydroxylamine groups is 1. The molecule has 3 aliphatic rings. The van der Waals surface area contributed by atoms with Gasteiger partial charge in [-0.3, -0.25) is 24.5 Å². The molecule has 0 bridgehead atoms. The predicted molar refractivity (Wildman–Crippen MR) is 136 cm³/mol. The fraction of sp³-hybridized carbons (Fsp3) is 0.269. The molecule has 2 aromatic carbocycles. The van der Waals surface area contributed by atoms with Crippen molar-refractivity contribution in [3.05, 3.63) is 85.2 Å². The van der Waals surface area contributed by atoms with Crippen LogP contribution in [0.5, 0.6) is 0 Å². The molecule has 0 N–H and O–H groups in total. The Bertz CT molecular complexity index is 1500. The molecule has 3 atom stereocenters. The first-order valence-electron chi connectivity index (χ1n) is 11.8. The molecule has 2 fully saturated rings. The molecule has 1 aliphatic carbocycles. The summed E-state index contributed by atoms with van der Waals surface area (Å²) in [5.74, 6) is -1.99. The zero-order valence-electron chi connectivity index (χ0n) is 19.3. The van der Waals surface area contributed by atoms with Crippen LogP contribution in [0.2, 0.25) is 5.02 Å². The van der Waals surface area contributed by atoms with Crippen LogP contribution in [0.15, 0.2) is 48.5 Å². The minimum absolute atomic E-state index is 0.136. The number of rotatable bonds is 4. The fourth-order valence-electron chi connectivity index (χ4n) is 5.41. The first-order valence-corrected chi connectivity index (χ1v) is 13.0. The Morgan fingerprint density at radius 1 is 1.11 bits per heavy atom. The molecular formula is C26H19ClN4O5S. The van der Waals surface area contributed by atoms with E-state index in [-0.39, 0.29) is 5.69 Å². The van der Waals surface area contributed by atoms with E-state index >= 15 is 0 Å². The number of thiophene rings is 1. The lowest BCUT2D eigenvalue weighted by atomic mass is 9.90. The van der Waals surface area contributed by atoms with E-state index in [0.717, 1.165) is 41.0 Å². The van der Waals surface area contributed by atoms with Crippen LogP contribution in [-0.2, 0) is 27.3 Å². The van der Waals surface area contributed by atoms with Gasteiger partial charge in [-0.15, -0.1) is 11.3 Å². The second kappa shape index (κ2) is 8.95. The minimum Gasteiger partial charge on any atom is -0.273 e. The van der Waals surface area contributed by atoms with Gasteiger partial charge in [-0.25, -0.2) is 9.96 Å². The highest BCUT2D eigenvalue weighted by Crippen LogP contribution is 2.50. The average molecular weight is 535 g/mol. The Labute approximate surface area is 220 Å². The molecule has 0 radical (unpaired) electrons. The number of fused-ring (bicyclic) bond motifs is 2. The van der Waals surface area contributed by atoms with Crippen molar-refractivity contribution in [1.82, 2.24) is 0 Å². The van der Waals surface area contributed by atoms with Crippen LogP contribution in [-0.4, -0.2) is 22.8 Å². The number of imide groups is 1. The number of halogens is 1. The maximum atomic E-state index is 14.0. The lowest BCUT2D eigenvalue weighted by molar-refractivity contribution is -0.384. The van der Waals surface area contributed by atoms with Gasteiger partial charge < -0.3 is 0 Å².